The molecule has 28 heavy (non-hydrogen) atoms. The molecule has 0 aromatic carbocycles. The first kappa shape index (κ1) is 22.4. The topological polar surface area (TPSA) is 70.4 Å². The highest BCUT2D eigenvalue weighted by Crippen LogP contribution is 2.18. The van der Waals surface area contributed by atoms with E-state index in [-0.39, 0.29) is 24.0 Å². The van der Waals surface area contributed by atoms with Gasteiger partial charge in [0.2, 0.25) is 0 Å². The number of anilines is 1. The van der Waals surface area contributed by atoms with E-state index >= 15 is 0 Å². The fourth-order valence-electron chi connectivity index (χ4n) is 3.32. The number of pyridine rings is 1. The lowest BCUT2D eigenvalue weighted by atomic mass is 10.1. The summed E-state index contributed by atoms with van der Waals surface area (Å²) >= 11 is 0. The molecule has 1 saturated heterocycles. The first-order chi connectivity index (χ1) is 13.1. The minimum Gasteiger partial charge on any atom is -0.357 e. The van der Waals surface area contributed by atoms with Crippen molar-refractivity contribution in [3.63, 3.8) is 0 Å². The van der Waals surface area contributed by atoms with E-state index in [2.05, 4.69) is 51.6 Å². The maximum atomic E-state index is 4.71. The average Bonchev–Trinajstić information content (AvgIpc) is 3.08. The Morgan fingerprint density at radius 3 is 2.68 bits per heavy atom. The number of halogens is 1. The molecule has 0 atom stereocenters. The molecule has 1 aliphatic rings. The highest BCUT2D eigenvalue weighted by molar-refractivity contribution is 14.0. The van der Waals surface area contributed by atoms with Gasteiger partial charge < -0.3 is 15.5 Å². The van der Waals surface area contributed by atoms with Crippen molar-refractivity contribution in [3.05, 3.63) is 41.9 Å². The Labute approximate surface area is 185 Å². The lowest BCUT2D eigenvalue weighted by Gasteiger charge is -2.34. The van der Waals surface area contributed by atoms with E-state index in [4.69, 9.17) is 4.99 Å². The van der Waals surface area contributed by atoms with E-state index < -0.39 is 0 Å². The molecule has 0 unspecified atom stereocenters. The van der Waals surface area contributed by atoms with Crippen LogP contribution in [0.15, 0.2) is 35.6 Å². The fraction of sp³-hybridized carbons (Fsp3) is 0.550. The number of piperidine rings is 1. The zero-order chi connectivity index (χ0) is 19.1. The number of aliphatic imine (C=N–C) groups is 1. The maximum Gasteiger partial charge on any atom is 0.191 e. The van der Waals surface area contributed by atoms with E-state index in [0.29, 0.717) is 12.6 Å². The molecular weight excluding hydrogens is 465 g/mol. The Kier molecular flexibility index (Phi) is 9.01. The van der Waals surface area contributed by atoms with E-state index in [1.807, 2.05) is 30.1 Å². The molecule has 8 heteroatoms. The number of hydrogen-bond acceptors (Lipinski definition) is 4. The molecule has 0 saturated carbocycles. The molecule has 0 amide bonds. The molecule has 0 spiro atoms. The predicted octanol–water partition coefficient (Wildman–Crippen LogP) is 2.74. The molecule has 154 valence electrons. The normalized spacial score (nSPS) is 15.2. The fourth-order valence-corrected chi connectivity index (χ4v) is 3.32. The number of guanidine groups is 1. The lowest BCUT2D eigenvalue weighted by molar-refractivity contribution is 0.459. The van der Waals surface area contributed by atoms with Crippen LogP contribution in [0.4, 0.5) is 5.82 Å². The molecule has 2 N–H and O–H groups in total. The number of hydrogen-bond donors (Lipinski definition) is 2. The van der Waals surface area contributed by atoms with Gasteiger partial charge in [-0.15, -0.1) is 24.0 Å². The van der Waals surface area contributed by atoms with Crippen LogP contribution in [0.3, 0.4) is 0 Å². The van der Waals surface area contributed by atoms with Gasteiger partial charge in [-0.25, -0.2) is 4.98 Å². The summed E-state index contributed by atoms with van der Waals surface area (Å²) in [5.74, 6) is 1.98. The van der Waals surface area contributed by atoms with Crippen LogP contribution in [-0.4, -0.2) is 52.9 Å². The summed E-state index contributed by atoms with van der Waals surface area (Å²) in [5.41, 5.74) is 2.25. The molecule has 3 heterocycles. The molecular formula is C20H32IN7. The summed E-state index contributed by atoms with van der Waals surface area (Å²) in [6.45, 7) is 10.6. The smallest absolute Gasteiger partial charge is 0.191 e. The Morgan fingerprint density at radius 1 is 1.25 bits per heavy atom. The highest BCUT2D eigenvalue weighted by atomic mass is 127. The molecule has 1 aliphatic heterocycles. The minimum absolute atomic E-state index is 0. The van der Waals surface area contributed by atoms with Gasteiger partial charge in [0.1, 0.15) is 5.82 Å². The van der Waals surface area contributed by atoms with Crippen molar-refractivity contribution in [2.45, 2.75) is 46.2 Å². The average molecular weight is 497 g/mol. The van der Waals surface area contributed by atoms with E-state index in [0.717, 1.165) is 56.5 Å². The number of aromatic nitrogens is 3. The minimum atomic E-state index is 0. The zero-order valence-corrected chi connectivity index (χ0v) is 19.4. The summed E-state index contributed by atoms with van der Waals surface area (Å²) in [4.78, 5) is 11.7. The van der Waals surface area contributed by atoms with Crippen LogP contribution in [0.2, 0.25) is 0 Å². The van der Waals surface area contributed by atoms with Gasteiger partial charge in [-0.1, -0.05) is 6.07 Å². The first-order valence-corrected chi connectivity index (χ1v) is 9.86. The predicted molar refractivity (Wildman–Crippen MR) is 126 cm³/mol. The van der Waals surface area contributed by atoms with Gasteiger partial charge in [0, 0.05) is 37.6 Å². The SMILES string of the molecule is CCNC(=NCCn1cc(C)cn1)NC1CCN(c2cccc(C)n2)CC1.I. The van der Waals surface area contributed by atoms with Crippen LogP contribution in [0.25, 0.3) is 0 Å². The van der Waals surface area contributed by atoms with Crippen molar-refractivity contribution < 1.29 is 0 Å². The highest BCUT2D eigenvalue weighted by Gasteiger charge is 2.20. The van der Waals surface area contributed by atoms with Crippen molar-refractivity contribution in [2.75, 3.05) is 31.1 Å². The number of rotatable bonds is 6. The van der Waals surface area contributed by atoms with Crippen LogP contribution in [0.5, 0.6) is 0 Å². The van der Waals surface area contributed by atoms with Gasteiger partial charge in [-0.3, -0.25) is 9.67 Å². The van der Waals surface area contributed by atoms with Gasteiger partial charge in [-0.05, 0) is 51.3 Å². The lowest BCUT2D eigenvalue weighted by Crippen LogP contribution is -2.49. The summed E-state index contributed by atoms with van der Waals surface area (Å²) in [6, 6.07) is 6.67. The van der Waals surface area contributed by atoms with Crippen molar-refractivity contribution in [3.8, 4) is 0 Å². The van der Waals surface area contributed by atoms with E-state index in [9.17, 15) is 0 Å². The molecule has 2 aromatic heterocycles. The summed E-state index contributed by atoms with van der Waals surface area (Å²) in [6.07, 6.45) is 6.09. The number of nitrogens with one attached hydrogen (secondary N) is 2. The van der Waals surface area contributed by atoms with E-state index in [1.54, 1.807) is 0 Å². The molecule has 0 radical (unpaired) electrons. The van der Waals surface area contributed by atoms with Crippen molar-refractivity contribution in [2.24, 2.45) is 4.99 Å². The van der Waals surface area contributed by atoms with Crippen LogP contribution >= 0.6 is 24.0 Å². The Bertz CT molecular complexity index is 751. The third-order valence-corrected chi connectivity index (χ3v) is 4.74. The van der Waals surface area contributed by atoms with Gasteiger partial charge in [0.05, 0.1) is 19.3 Å². The molecule has 7 nitrogen and oxygen atoms in total. The third kappa shape index (κ3) is 6.65. The molecule has 0 aliphatic carbocycles. The van der Waals surface area contributed by atoms with Crippen LogP contribution < -0.4 is 15.5 Å². The molecule has 1 fully saturated rings. The molecule has 2 aromatic rings. The van der Waals surface area contributed by atoms with Crippen molar-refractivity contribution >= 4 is 35.8 Å². The number of nitrogens with zero attached hydrogens (tertiary/aromatic N) is 5. The Hall–Kier alpha value is -1.84. The van der Waals surface area contributed by atoms with Crippen molar-refractivity contribution in [1.82, 2.24) is 25.4 Å². The third-order valence-electron chi connectivity index (χ3n) is 4.74. The largest absolute Gasteiger partial charge is 0.357 e. The first-order valence-electron chi connectivity index (χ1n) is 9.86. The zero-order valence-electron chi connectivity index (χ0n) is 17.1. The second-order valence-corrected chi connectivity index (χ2v) is 7.08. The molecule has 3 rings (SSSR count). The van der Waals surface area contributed by atoms with Crippen molar-refractivity contribution in [1.29, 1.82) is 0 Å². The van der Waals surface area contributed by atoms with Gasteiger partial charge in [0.25, 0.3) is 0 Å². The van der Waals surface area contributed by atoms with Crippen LogP contribution in [0, 0.1) is 13.8 Å². The summed E-state index contributed by atoms with van der Waals surface area (Å²) in [7, 11) is 0. The Balaban J connectivity index is 0.00000280. The maximum absolute atomic E-state index is 4.71. The van der Waals surface area contributed by atoms with Gasteiger partial charge in [-0.2, -0.15) is 5.10 Å². The molecule has 0 bridgehead atoms. The monoisotopic (exact) mass is 497 g/mol. The van der Waals surface area contributed by atoms with Crippen LogP contribution in [0.1, 0.15) is 31.0 Å². The second-order valence-electron chi connectivity index (χ2n) is 7.08. The second kappa shape index (κ2) is 11.2. The quantitative estimate of drug-likeness (QED) is 0.365. The van der Waals surface area contributed by atoms with Crippen LogP contribution in [-0.2, 0) is 6.54 Å². The number of aryl methyl sites for hydroxylation is 2. The van der Waals surface area contributed by atoms with E-state index in [1.165, 1.54) is 5.56 Å². The van der Waals surface area contributed by atoms with Gasteiger partial charge >= 0.3 is 0 Å². The van der Waals surface area contributed by atoms with Gasteiger partial charge in [0.15, 0.2) is 5.96 Å². The standard InChI is InChI=1S/C20H31N7.HI/c1-4-21-20(22-10-13-27-15-16(2)14-23-27)25-18-8-11-26(12-9-18)19-7-5-6-17(3)24-19;/h5-7,14-15,18H,4,8-13H2,1-3H3,(H2,21,22,25);1H. The Morgan fingerprint density at radius 2 is 2.04 bits per heavy atom. The summed E-state index contributed by atoms with van der Waals surface area (Å²) < 4.78 is 1.94. The summed E-state index contributed by atoms with van der Waals surface area (Å²) in [5, 5.41) is 11.3.